The molecule has 1 N–H and O–H groups in total. The zero-order chi connectivity index (χ0) is 13.1. The van der Waals surface area contributed by atoms with Crippen LogP contribution >= 0.6 is 0 Å². The lowest BCUT2D eigenvalue weighted by Gasteiger charge is -2.20. The van der Waals surface area contributed by atoms with Gasteiger partial charge in [0.25, 0.3) is 0 Å². The molecule has 1 unspecified atom stereocenters. The number of hydrogen-bond donors (Lipinski definition) is 1. The van der Waals surface area contributed by atoms with Crippen LogP contribution in [0.5, 0.6) is 0 Å². The second-order valence-corrected chi connectivity index (χ2v) is 4.81. The first kappa shape index (κ1) is 12.8. The molecular weight excluding hydrogens is 220 g/mol. The van der Waals surface area contributed by atoms with Gasteiger partial charge in [-0.3, -0.25) is 4.98 Å². The molecule has 0 saturated carbocycles. The second-order valence-electron chi connectivity index (χ2n) is 4.81. The summed E-state index contributed by atoms with van der Waals surface area (Å²) in [6.07, 6.45) is 1.87. The van der Waals surface area contributed by atoms with Crippen molar-refractivity contribution in [1.29, 1.82) is 0 Å². The normalized spacial score (nSPS) is 12.4. The maximum atomic E-state index is 4.26. The molecule has 0 aliphatic carbocycles. The van der Waals surface area contributed by atoms with E-state index >= 15 is 0 Å². The minimum absolute atomic E-state index is 0.229. The molecule has 1 aromatic heterocycles. The highest BCUT2D eigenvalue weighted by atomic mass is 14.9. The van der Waals surface area contributed by atoms with E-state index in [1.165, 1.54) is 22.3 Å². The molecule has 18 heavy (non-hydrogen) atoms. The summed E-state index contributed by atoms with van der Waals surface area (Å²) in [5, 5.41) is 3.39. The number of hydrogen-bond acceptors (Lipinski definition) is 2. The summed E-state index contributed by atoms with van der Waals surface area (Å²) in [5.41, 5.74) is 6.27. The van der Waals surface area contributed by atoms with Gasteiger partial charge in [-0.05, 0) is 56.6 Å². The Morgan fingerprint density at radius 2 is 1.83 bits per heavy atom. The van der Waals surface area contributed by atoms with Crippen molar-refractivity contribution < 1.29 is 0 Å². The molecule has 0 fully saturated rings. The molecule has 0 radical (unpaired) electrons. The molecule has 2 aromatic rings. The largest absolute Gasteiger partial charge is 0.309 e. The SMILES string of the molecule is CNC(c1ccnc(C)c1)c1ccc(C)cc1C. The maximum absolute atomic E-state index is 4.26. The lowest BCUT2D eigenvalue weighted by Crippen LogP contribution is -2.19. The van der Waals surface area contributed by atoms with Gasteiger partial charge in [0.1, 0.15) is 0 Å². The first-order valence-corrected chi connectivity index (χ1v) is 6.29. The zero-order valence-corrected chi connectivity index (χ0v) is 11.5. The average molecular weight is 240 g/mol. The summed E-state index contributed by atoms with van der Waals surface area (Å²) >= 11 is 0. The highest BCUT2D eigenvalue weighted by Crippen LogP contribution is 2.25. The maximum Gasteiger partial charge on any atom is 0.0578 e. The van der Waals surface area contributed by atoms with E-state index in [1.807, 2.05) is 20.2 Å². The Morgan fingerprint density at radius 3 is 2.44 bits per heavy atom. The van der Waals surface area contributed by atoms with Crippen LogP contribution in [0.2, 0.25) is 0 Å². The van der Waals surface area contributed by atoms with Crippen molar-refractivity contribution in [2.24, 2.45) is 0 Å². The van der Waals surface area contributed by atoms with E-state index in [9.17, 15) is 0 Å². The van der Waals surface area contributed by atoms with E-state index in [2.05, 4.69) is 54.5 Å². The molecule has 0 amide bonds. The van der Waals surface area contributed by atoms with Gasteiger partial charge in [0.05, 0.1) is 6.04 Å². The van der Waals surface area contributed by atoms with Crippen molar-refractivity contribution >= 4 is 0 Å². The first-order chi connectivity index (χ1) is 8.61. The topological polar surface area (TPSA) is 24.9 Å². The smallest absolute Gasteiger partial charge is 0.0578 e. The summed E-state index contributed by atoms with van der Waals surface area (Å²) in [6, 6.07) is 11.1. The summed E-state index contributed by atoms with van der Waals surface area (Å²) < 4.78 is 0. The quantitative estimate of drug-likeness (QED) is 0.890. The van der Waals surface area contributed by atoms with Gasteiger partial charge < -0.3 is 5.32 Å². The minimum atomic E-state index is 0.229. The van der Waals surface area contributed by atoms with Crippen LogP contribution in [-0.4, -0.2) is 12.0 Å². The second kappa shape index (κ2) is 5.32. The average Bonchev–Trinajstić information content (AvgIpc) is 2.33. The first-order valence-electron chi connectivity index (χ1n) is 6.29. The van der Waals surface area contributed by atoms with Gasteiger partial charge >= 0.3 is 0 Å². The fourth-order valence-corrected chi connectivity index (χ4v) is 2.40. The number of aromatic nitrogens is 1. The lowest BCUT2D eigenvalue weighted by atomic mass is 9.94. The van der Waals surface area contributed by atoms with Crippen LogP contribution in [-0.2, 0) is 0 Å². The van der Waals surface area contributed by atoms with E-state index < -0.39 is 0 Å². The van der Waals surface area contributed by atoms with Crippen LogP contribution in [0.3, 0.4) is 0 Å². The fraction of sp³-hybridized carbons (Fsp3) is 0.312. The molecule has 0 aliphatic heterocycles. The van der Waals surface area contributed by atoms with Crippen molar-refractivity contribution in [3.8, 4) is 0 Å². The van der Waals surface area contributed by atoms with Gasteiger partial charge in [-0.2, -0.15) is 0 Å². The van der Waals surface area contributed by atoms with Gasteiger partial charge in [0, 0.05) is 11.9 Å². The Hall–Kier alpha value is -1.67. The number of rotatable bonds is 3. The molecule has 1 aromatic carbocycles. The number of pyridine rings is 1. The molecule has 2 heteroatoms. The van der Waals surface area contributed by atoms with Gasteiger partial charge in [-0.25, -0.2) is 0 Å². The summed E-state index contributed by atoms with van der Waals surface area (Å²) in [4.78, 5) is 4.26. The highest BCUT2D eigenvalue weighted by Gasteiger charge is 2.14. The van der Waals surface area contributed by atoms with Gasteiger partial charge in [0.15, 0.2) is 0 Å². The molecule has 0 saturated heterocycles. The summed E-state index contributed by atoms with van der Waals surface area (Å²) in [6.45, 7) is 6.32. The predicted octanol–water partition coefficient (Wildman–Crippen LogP) is 3.32. The van der Waals surface area contributed by atoms with Crippen molar-refractivity contribution in [3.63, 3.8) is 0 Å². The zero-order valence-electron chi connectivity index (χ0n) is 11.5. The number of nitrogens with zero attached hydrogens (tertiary/aromatic N) is 1. The van der Waals surface area contributed by atoms with Crippen molar-refractivity contribution in [2.45, 2.75) is 26.8 Å². The Bertz CT molecular complexity index is 547. The third-order valence-corrected chi connectivity index (χ3v) is 3.28. The van der Waals surface area contributed by atoms with Crippen LogP contribution in [0.4, 0.5) is 0 Å². The highest BCUT2D eigenvalue weighted by molar-refractivity contribution is 5.38. The van der Waals surface area contributed by atoms with Crippen molar-refractivity contribution in [3.05, 3.63) is 64.5 Å². The predicted molar refractivity (Wildman–Crippen MR) is 75.8 cm³/mol. The molecule has 0 bridgehead atoms. The summed E-state index contributed by atoms with van der Waals surface area (Å²) in [7, 11) is 2.00. The summed E-state index contributed by atoms with van der Waals surface area (Å²) in [5.74, 6) is 0. The molecule has 94 valence electrons. The third-order valence-electron chi connectivity index (χ3n) is 3.28. The molecule has 1 heterocycles. The van der Waals surface area contributed by atoms with Crippen LogP contribution in [0.25, 0.3) is 0 Å². The van der Waals surface area contributed by atoms with Gasteiger partial charge in [0.2, 0.25) is 0 Å². The van der Waals surface area contributed by atoms with E-state index in [4.69, 9.17) is 0 Å². The lowest BCUT2D eigenvalue weighted by molar-refractivity contribution is 0.685. The molecule has 0 spiro atoms. The standard InChI is InChI=1S/C16H20N2/c1-11-5-6-15(12(2)9-11)16(17-4)14-7-8-18-13(3)10-14/h5-10,16-17H,1-4H3. The minimum Gasteiger partial charge on any atom is -0.309 e. The van der Waals surface area contributed by atoms with E-state index in [-0.39, 0.29) is 6.04 Å². The van der Waals surface area contributed by atoms with Crippen LogP contribution in [0.1, 0.15) is 34.0 Å². The Morgan fingerprint density at radius 1 is 1.06 bits per heavy atom. The molecular formula is C16H20N2. The van der Waals surface area contributed by atoms with E-state index in [0.29, 0.717) is 0 Å². The van der Waals surface area contributed by atoms with Gasteiger partial charge in [-0.1, -0.05) is 23.8 Å². The van der Waals surface area contributed by atoms with Crippen molar-refractivity contribution in [2.75, 3.05) is 7.05 Å². The monoisotopic (exact) mass is 240 g/mol. The molecule has 0 aliphatic rings. The van der Waals surface area contributed by atoms with Crippen LogP contribution in [0, 0.1) is 20.8 Å². The van der Waals surface area contributed by atoms with Crippen LogP contribution < -0.4 is 5.32 Å². The third kappa shape index (κ3) is 2.59. The van der Waals surface area contributed by atoms with Crippen molar-refractivity contribution in [1.82, 2.24) is 10.3 Å². The molecule has 2 rings (SSSR count). The van der Waals surface area contributed by atoms with Crippen LogP contribution in [0.15, 0.2) is 36.5 Å². The van der Waals surface area contributed by atoms with E-state index in [0.717, 1.165) is 5.69 Å². The Labute approximate surface area is 109 Å². The number of aryl methyl sites for hydroxylation is 3. The van der Waals surface area contributed by atoms with E-state index in [1.54, 1.807) is 0 Å². The molecule has 2 nitrogen and oxygen atoms in total. The van der Waals surface area contributed by atoms with Gasteiger partial charge in [-0.15, -0.1) is 0 Å². The molecule has 1 atom stereocenters. The number of benzene rings is 1. The Balaban J connectivity index is 2.45. The number of nitrogens with one attached hydrogen (secondary N) is 1. The Kier molecular flexibility index (Phi) is 3.78. The fourth-order valence-electron chi connectivity index (χ4n) is 2.40.